The van der Waals surface area contributed by atoms with E-state index in [4.69, 9.17) is 99.5 Å². The van der Waals surface area contributed by atoms with E-state index in [1.807, 2.05) is 0 Å². The molecule has 688 valence electrons. The van der Waals surface area contributed by atoms with E-state index < -0.39 is 171 Å². The first kappa shape index (κ1) is 101. The van der Waals surface area contributed by atoms with Crippen molar-refractivity contribution < 1.29 is 186 Å². The maximum Gasteiger partial charge on any atom is 0.187 e. The Hall–Kier alpha value is -3.05. The van der Waals surface area contributed by atoms with Crippen LogP contribution in [0.3, 0.4) is 0 Å². The predicted octanol–water partition coefficient (Wildman–Crippen LogP) is -9.98. The van der Waals surface area contributed by atoms with E-state index in [0.29, 0.717) is 147 Å². The van der Waals surface area contributed by atoms with Crippen LogP contribution in [0.4, 0.5) is 0 Å². The molecule has 3 aromatic heterocycles. The highest BCUT2D eigenvalue weighted by Crippen LogP contribution is 2.36. The summed E-state index contributed by atoms with van der Waals surface area (Å²) in [6.45, 7) is 5.77. The standard InChI is InChI=1S/C69H121N9O38S3/c79-36-47-51(83)55(87)61(93)67(113-47)117-28-25-105-16-13-99-4-1-96-7-10-102-19-22-108-39-42-31-76(73-70-42)34-45-50(82)54(86)60(92)66(112-45)116-64-46(35-77-32-43(71-74-77)40-109-23-20-103-11-8-97-2-5-100-14-17-106-26-29-118-68-62(94)56(88)52(84)48(37-80)114-68)111-65(59(91)58(64)90)78-33-44(72-75-78)41-110-24-21-104-12-9-98-3-6-101-15-18-107-27-30-119-69-63(95)57(89)53(85)49(38-81)115-69/h31-33,45-69,79-95H,1-30,34-41H2/t45-,46-,47-,48-,49-,50-,51+,52+,53+,54+,55+,56+,57+,58-,59-,60-,61-,62-,63-,64-,65-,66-,67+,68+,69+/m1/s1. The largest absolute Gasteiger partial charge is 0.394 e. The van der Waals surface area contributed by atoms with Crippen LogP contribution >= 0.6 is 35.3 Å². The fourth-order valence-corrected chi connectivity index (χ4v) is 15.2. The normalized spacial score (nSPS) is 31.4. The van der Waals surface area contributed by atoms with Gasteiger partial charge in [0.25, 0.3) is 0 Å². The Morgan fingerprint density at radius 1 is 0.277 bits per heavy atom. The van der Waals surface area contributed by atoms with Gasteiger partial charge in [0.05, 0.1) is 250 Å². The molecule has 50 heteroatoms. The van der Waals surface area contributed by atoms with Crippen LogP contribution in [-0.4, -0.2) is 492 Å². The van der Waals surface area contributed by atoms with Crippen molar-refractivity contribution in [2.45, 2.75) is 184 Å². The lowest BCUT2D eigenvalue weighted by Gasteiger charge is -2.46. The number of aromatic nitrogens is 9. The molecule has 0 aliphatic carbocycles. The Kier molecular flexibility index (Phi) is 49.1. The Balaban J connectivity index is 0.712. The summed E-state index contributed by atoms with van der Waals surface area (Å²) in [6.07, 6.45) is -27.0. The van der Waals surface area contributed by atoms with Crippen LogP contribution in [0.1, 0.15) is 23.3 Å². The minimum absolute atomic E-state index is 0.0156. The minimum atomic E-state index is -1.89. The highest BCUT2D eigenvalue weighted by molar-refractivity contribution is 8.00. The molecule has 8 rings (SSSR count). The second kappa shape index (κ2) is 57.6. The zero-order valence-corrected chi connectivity index (χ0v) is 68.4. The summed E-state index contributed by atoms with van der Waals surface area (Å²) < 4.78 is 123. The van der Waals surface area contributed by atoms with E-state index in [1.165, 1.54) is 61.7 Å². The van der Waals surface area contributed by atoms with Crippen molar-refractivity contribution in [3.05, 3.63) is 35.7 Å². The van der Waals surface area contributed by atoms with Crippen molar-refractivity contribution in [2.24, 2.45) is 0 Å². The van der Waals surface area contributed by atoms with Gasteiger partial charge < -0.3 is 186 Å². The summed E-state index contributed by atoms with van der Waals surface area (Å²) >= 11 is 3.59. The van der Waals surface area contributed by atoms with Gasteiger partial charge in [-0.3, -0.25) is 0 Å². The lowest BCUT2D eigenvalue weighted by Crippen LogP contribution is -2.63. The molecule has 0 unspecified atom stereocenters. The first-order chi connectivity index (χ1) is 57.8. The van der Waals surface area contributed by atoms with Gasteiger partial charge in [0.1, 0.15) is 155 Å². The number of thioether (sulfide) groups is 3. The molecule has 0 spiro atoms. The minimum Gasteiger partial charge on any atom is -0.394 e. The molecule has 119 heavy (non-hydrogen) atoms. The maximum atomic E-state index is 12.0. The van der Waals surface area contributed by atoms with E-state index in [2.05, 4.69) is 30.9 Å². The first-order valence-electron chi connectivity index (χ1n) is 39.3. The summed E-state index contributed by atoms with van der Waals surface area (Å²) in [7, 11) is 0. The predicted molar refractivity (Wildman–Crippen MR) is 405 cm³/mol. The zero-order valence-electron chi connectivity index (χ0n) is 66.0. The fraction of sp³-hybridized carbons (Fsp3) is 0.913. The summed E-state index contributed by atoms with van der Waals surface area (Å²) in [4.78, 5) is 0. The van der Waals surface area contributed by atoms with Crippen LogP contribution in [-0.2, 0) is 132 Å². The number of hydrogen-bond acceptors (Lipinski definition) is 47. The molecule has 5 fully saturated rings. The summed E-state index contributed by atoms with van der Waals surface area (Å²) in [5, 5.41) is 201. The zero-order chi connectivity index (χ0) is 85.1. The quantitative estimate of drug-likeness (QED) is 0.0233. The molecule has 0 amide bonds. The van der Waals surface area contributed by atoms with Gasteiger partial charge in [0.15, 0.2) is 12.5 Å². The van der Waals surface area contributed by atoms with Crippen molar-refractivity contribution in [1.29, 1.82) is 0 Å². The number of ether oxygens (including phenoxy) is 21. The van der Waals surface area contributed by atoms with E-state index in [-0.39, 0.29) is 99.0 Å². The summed E-state index contributed by atoms with van der Waals surface area (Å²) in [5.74, 6) is 1.28. The molecule has 17 N–H and O–H groups in total. The molecular formula is C69H121N9O38S3. The van der Waals surface area contributed by atoms with E-state index >= 15 is 0 Å². The smallest absolute Gasteiger partial charge is 0.187 e. The van der Waals surface area contributed by atoms with Gasteiger partial charge in [-0.2, -0.15) is 0 Å². The monoisotopic (exact) mass is 1780 g/mol. The average molecular weight is 1780 g/mol. The number of aliphatic hydroxyl groups is 17. The van der Waals surface area contributed by atoms with E-state index in [0.717, 1.165) is 0 Å². The van der Waals surface area contributed by atoms with Crippen molar-refractivity contribution in [1.82, 2.24) is 45.0 Å². The van der Waals surface area contributed by atoms with Crippen LogP contribution < -0.4 is 0 Å². The lowest BCUT2D eigenvalue weighted by atomic mass is 9.96. The van der Waals surface area contributed by atoms with Gasteiger partial charge in [-0.05, 0) is 0 Å². The molecule has 5 aliphatic heterocycles. The Bertz CT molecular complexity index is 3070. The number of nitrogens with zero attached hydrogens (tertiary/aromatic N) is 9. The fourth-order valence-electron chi connectivity index (χ4n) is 12.1. The second-order valence-corrected chi connectivity index (χ2v) is 31.0. The number of aliphatic hydroxyl groups excluding tert-OH is 17. The average Bonchev–Trinajstić information content (AvgIpc) is 1.76. The molecule has 5 aliphatic rings. The van der Waals surface area contributed by atoms with Crippen molar-refractivity contribution in [3.8, 4) is 0 Å². The summed E-state index contributed by atoms with van der Waals surface area (Å²) in [5.41, 5.74) is -1.35. The van der Waals surface area contributed by atoms with Gasteiger partial charge in [-0.25, -0.2) is 14.0 Å². The Morgan fingerprint density at radius 2 is 0.563 bits per heavy atom. The Labute approximate surface area is 698 Å². The number of rotatable bonds is 64. The Morgan fingerprint density at radius 3 is 0.899 bits per heavy atom. The third-order valence-corrected chi connectivity index (χ3v) is 22.0. The third kappa shape index (κ3) is 34.6. The first-order valence-corrected chi connectivity index (χ1v) is 42.4. The van der Waals surface area contributed by atoms with Gasteiger partial charge >= 0.3 is 0 Å². The molecular weight excluding hydrogens is 1660 g/mol. The van der Waals surface area contributed by atoms with Gasteiger partial charge in [-0.1, -0.05) is 15.6 Å². The molecule has 3 aromatic rings. The van der Waals surface area contributed by atoms with Crippen molar-refractivity contribution in [3.63, 3.8) is 0 Å². The molecule has 47 nitrogen and oxygen atoms in total. The summed E-state index contributed by atoms with van der Waals surface area (Å²) in [6, 6.07) is 0. The maximum absolute atomic E-state index is 12.0. The van der Waals surface area contributed by atoms with E-state index in [1.54, 1.807) is 6.20 Å². The van der Waals surface area contributed by atoms with Gasteiger partial charge in [0, 0.05) is 17.3 Å². The van der Waals surface area contributed by atoms with E-state index in [9.17, 15) is 86.8 Å². The molecule has 25 atom stereocenters. The van der Waals surface area contributed by atoms with Crippen LogP contribution in [0.25, 0.3) is 0 Å². The second-order valence-electron chi connectivity index (χ2n) is 27.4. The van der Waals surface area contributed by atoms with Gasteiger partial charge in [-0.15, -0.1) is 50.6 Å². The molecule has 0 aromatic carbocycles. The molecule has 5 saturated heterocycles. The van der Waals surface area contributed by atoms with Crippen LogP contribution in [0.15, 0.2) is 18.6 Å². The molecule has 0 saturated carbocycles. The topological polar surface area (TPSA) is 630 Å². The van der Waals surface area contributed by atoms with Crippen LogP contribution in [0, 0.1) is 0 Å². The lowest BCUT2D eigenvalue weighted by molar-refractivity contribution is -0.345. The molecule has 0 radical (unpaired) electrons. The molecule has 8 heterocycles. The highest BCUT2D eigenvalue weighted by Gasteiger charge is 2.53. The SMILES string of the molecule is OC[C@H]1O[C@@H](SCCOCCOCCOCCOCCOCc2cn(C[C@H]3O[C@H](O[C@H]4[C@H](O)[C@@H](O)[C@H](n5cc(COCCOCCOCCOCCOCCS[C@@H]6O[C@H](CO)[C@H](O)[C@H](O)[C@H]6O)nn5)O[C@@H]4Cn4cc(COCCOCCOCCOCCOCCS[C@@H]5O[C@H](CO)[C@H](O)[C@H](O)[C@H]5O)nn4)[C@H](O)[C@@H](O)[C@@H]3O)nn2)[C@H](O)[C@@H](O)[C@H]1O. The van der Waals surface area contributed by atoms with Crippen molar-refractivity contribution >= 4 is 35.3 Å². The number of hydrogen-bond donors (Lipinski definition) is 17. The van der Waals surface area contributed by atoms with Gasteiger partial charge in [0.2, 0.25) is 0 Å². The van der Waals surface area contributed by atoms with Crippen LogP contribution in [0.2, 0.25) is 0 Å². The van der Waals surface area contributed by atoms with Crippen molar-refractivity contribution in [2.75, 3.05) is 215 Å². The molecule has 0 bridgehead atoms. The highest BCUT2D eigenvalue weighted by atomic mass is 32.2. The van der Waals surface area contributed by atoms with Crippen LogP contribution in [0.5, 0.6) is 0 Å². The third-order valence-electron chi connectivity index (χ3n) is 18.6.